The van der Waals surface area contributed by atoms with E-state index in [1.807, 2.05) is 36.4 Å². The fraction of sp³-hybridized carbons (Fsp3) is 0.118. The minimum Gasteiger partial charge on any atom is -0.458 e. The topological polar surface area (TPSA) is 30.2 Å². The number of hydrogen-bond acceptors (Lipinski definition) is 2. The molecule has 1 aromatic heterocycles. The molecule has 0 aliphatic carbocycles. The van der Waals surface area contributed by atoms with Crippen LogP contribution in [0.15, 0.2) is 62.2 Å². The zero-order valence-corrected chi connectivity index (χ0v) is 17.1. The van der Waals surface area contributed by atoms with Gasteiger partial charge in [0.25, 0.3) is 0 Å². The summed E-state index contributed by atoms with van der Waals surface area (Å²) in [5.41, 5.74) is 1.51. The first-order valence-electron chi connectivity index (χ1n) is 6.74. The first-order chi connectivity index (χ1) is 11.0. The van der Waals surface area contributed by atoms with E-state index in [0.717, 1.165) is 5.56 Å². The van der Waals surface area contributed by atoms with Gasteiger partial charge < -0.3 is 4.42 Å². The molecule has 2 aromatic carbocycles. The first kappa shape index (κ1) is 17.2. The molecule has 0 fully saturated rings. The normalized spacial score (nSPS) is 13.9. The van der Waals surface area contributed by atoms with Gasteiger partial charge in [-0.3, -0.25) is 4.79 Å². The van der Waals surface area contributed by atoms with Gasteiger partial charge in [-0.25, -0.2) is 0 Å². The highest BCUT2D eigenvalue weighted by atomic mass is 79.9. The van der Waals surface area contributed by atoms with Gasteiger partial charge in [-0.05, 0) is 45.8 Å². The lowest BCUT2D eigenvalue weighted by atomic mass is 10.1. The Bertz CT molecular complexity index is 906. The third-order valence-corrected chi connectivity index (χ3v) is 7.18. The molecule has 0 spiro atoms. The number of halogens is 4. The predicted octanol–water partition coefficient (Wildman–Crippen LogP) is 6.78. The van der Waals surface area contributed by atoms with Crippen molar-refractivity contribution in [3.05, 3.63) is 79.6 Å². The highest BCUT2D eigenvalue weighted by Crippen LogP contribution is 2.44. The zero-order chi connectivity index (χ0) is 16.6. The molecule has 0 saturated heterocycles. The maximum absolute atomic E-state index is 12.5. The van der Waals surface area contributed by atoms with Crippen molar-refractivity contribution < 1.29 is 4.42 Å². The number of fused-ring (bicyclic) bond motifs is 1. The summed E-state index contributed by atoms with van der Waals surface area (Å²) in [5, 5.41) is 1.23. The lowest BCUT2D eigenvalue weighted by Crippen LogP contribution is -2.09. The third-order valence-electron chi connectivity index (χ3n) is 3.46. The molecule has 0 aliphatic rings. The van der Waals surface area contributed by atoms with Crippen LogP contribution in [0.2, 0.25) is 5.02 Å². The van der Waals surface area contributed by atoms with Crippen LogP contribution in [0.25, 0.3) is 11.0 Å². The van der Waals surface area contributed by atoms with Crippen LogP contribution in [-0.4, -0.2) is 0 Å². The Kier molecular flexibility index (Phi) is 5.31. The molecule has 6 heteroatoms. The van der Waals surface area contributed by atoms with Gasteiger partial charge in [-0.15, -0.1) is 0 Å². The standard InChI is InChI=1S/C17H10Br3ClO2/c18-13(9-5-7-10(21)8-6-9)14(19)17-15(20)16(22)11-3-1-2-4-12(11)23-17/h1-8,13-14H. The Labute approximate surface area is 163 Å². The Morgan fingerprint density at radius 2 is 1.61 bits per heavy atom. The fourth-order valence-electron chi connectivity index (χ4n) is 2.26. The van der Waals surface area contributed by atoms with Crippen molar-refractivity contribution in [3.8, 4) is 0 Å². The molecule has 0 saturated carbocycles. The van der Waals surface area contributed by atoms with E-state index in [0.29, 0.717) is 26.2 Å². The fourth-order valence-corrected chi connectivity index (χ4v) is 4.41. The van der Waals surface area contributed by atoms with E-state index >= 15 is 0 Å². The monoisotopic (exact) mass is 518 g/mol. The van der Waals surface area contributed by atoms with E-state index in [9.17, 15) is 4.79 Å². The summed E-state index contributed by atoms with van der Waals surface area (Å²) in [6, 6.07) is 14.7. The summed E-state index contributed by atoms with van der Waals surface area (Å²) in [5.74, 6) is 0.547. The molecule has 2 atom stereocenters. The minimum absolute atomic E-state index is 0.0814. The average molecular weight is 521 g/mol. The van der Waals surface area contributed by atoms with E-state index in [2.05, 4.69) is 47.8 Å². The van der Waals surface area contributed by atoms with Crippen molar-refractivity contribution in [1.29, 1.82) is 0 Å². The highest BCUT2D eigenvalue weighted by molar-refractivity contribution is 9.12. The SMILES string of the molecule is O=c1c(Br)c(C(Br)C(Br)c2ccc(Cl)cc2)oc2ccccc12. The van der Waals surface area contributed by atoms with E-state index in [1.165, 1.54) is 0 Å². The summed E-state index contributed by atoms with van der Waals surface area (Å²) in [7, 11) is 0. The number of para-hydroxylation sites is 1. The van der Waals surface area contributed by atoms with Crippen LogP contribution in [0, 0.1) is 0 Å². The smallest absolute Gasteiger partial charge is 0.207 e. The number of benzene rings is 2. The predicted molar refractivity (Wildman–Crippen MR) is 105 cm³/mol. The molecule has 0 radical (unpaired) electrons. The molecule has 23 heavy (non-hydrogen) atoms. The molecule has 118 valence electrons. The summed E-state index contributed by atoms with van der Waals surface area (Å²) < 4.78 is 6.38. The maximum Gasteiger partial charge on any atom is 0.207 e. The van der Waals surface area contributed by atoms with Crippen LogP contribution in [-0.2, 0) is 0 Å². The van der Waals surface area contributed by atoms with Crippen LogP contribution in [0.1, 0.15) is 21.0 Å². The Hall–Kier alpha value is -0.620. The van der Waals surface area contributed by atoms with Gasteiger partial charge in [0.05, 0.1) is 15.0 Å². The molecule has 3 aromatic rings. The summed E-state index contributed by atoms with van der Waals surface area (Å²) in [6.07, 6.45) is 0. The Balaban J connectivity index is 2.06. The molecule has 0 N–H and O–H groups in total. The van der Waals surface area contributed by atoms with E-state index in [1.54, 1.807) is 12.1 Å². The van der Waals surface area contributed by atoms with Crippen LogP contribution in [0.3, 0.4) is 0 Å². The maximum atomic E-state index is 12.5. The van der Waals surface area contributed by atoms with E-state index < -0.39 is 0 Å². The molecule has 0 aliphatic heterocycles. The van der Waals surface area contributed by atoms with Gasteiger partial charge in [0.1, 0.15) is 15.8 Å². The zero-order valence-electron chi connectivity index (χ0n) is 11.6. The molecular weight excluding hydrogens is 511 g/mol. The first-order valence-corrected chi connectivity index (χ1v) is 9.74. The molecule has 3 rings (SSSR count). The number of hydrogen-bond donors (Lipinski definition) is 0. The highest BCUT2D eigenvalue weighted by Gasteiger charge is 2.26. The van der Waals surface area contributed by atoms with Gasteiger partial charge >= 0.3 is 0 Å². The second-order valence-electron chi connectivity index (χ2n) is 4.96. The van der Waals surface area contributed by atoms with Gasteiger partial charge in [0, 0.05) is 5.02 Å². The second-order valence-corrected chi connectivity index (χ2v) is 8.16. The molecule has 0 bridgehead atoms. The van der Waals surface area contributed by atoms with Crippen molar-refractivity contribution >= 4 is 70.4 Å². The quantitative estimate of drug-likeness (QED) is 0.356. The molecule has 0 amide bonds. The Morgan fingerprint density at radius 3 is 2.30 bits per heavy atom. The van der Waals surface area contributed by atoms with E-state index in [-0.39, 0.29) is 15.1 Å². The Morgan fingerprint density at radius 1 is 0.957 bits per heavy atom. The van der Waals surface area contributed by atoms with Crippen LogP contribution < -0.4 is 5.43 Å². The van der Waals surface area contributed by atoms with Gasteiger partial charge in [-0.1, -0.05) is 67.7 Å². The lowest BCUT2D eigenvalue weighted by molar-refractivity contribution is 0.527. The molecule has 2 unspecified atom stereocenters. The van der Waals surface area contributed by atoms with Crippen LogP contribution in [0.4, 0.5) is 0 Å². The largest absolute Gasteiger partial charge is 0.458 e. The lowest BCUT2D eigenvalue weighted by Gasteiger charge is -2.18. The average Bonchev–Trinajstić information content (AvgIpc) is 2.57. The number of alkyl halides is 2. The number of rotatable bonds is 3. The molecule has 2 nitrogen and oxygen atoms in total. The third kappa shape index (κ3) is 3.43. The molecule has 1 heterocycles. The summed E-state index contributed by atoms with van der Waals surface area (Å²) in [6.45, 7) is 0. The van der Waals surface area contributed by atoms with Crippen molar-refractivity contribution in [3.63, 3.8) is 0 Å². The van der Waals surface area contributed by atoms with Crippen LogP contribution >= 0.6 is 59.4 Å². The van der Waals surface area contributed by atoms with E-state index in [4.69, 9.17) is 16.0 Å². The van der Waals surface area contributed by atoms with Crippen molar-refractivity contribution in [1.82, 2.24) is 0 Å². The summed E-state index contributed by atoms with van der Waals surface area (Å²) in [4.78, 5) is 12.2. The minimum atomic E-state index is -0.227. The summed E-state index contributed by atoms with van der Waals surface area (Å²) >= 11 is 16.6. The van der Waals surface area contributed by atoms with Crippen molar-refractivity contribution in [2.45, 2.75) is 9.65 Å². The molecular formula is C17H10Br3ClO2. The second kappa shape index (κ2) is 7.09. The van der Waals surface area contributed by atoms with Gasteiger partial charge in [0.15, 0.2) is 0 Å². The van der Waals surface area contributed by atoms with Crippen LogP contribution in [0.5, 0.6) is 0 Å². The van der Waals surface area contributed by atoms with Gasteiger partial charge in [-0.2, -0.15) is 0 Å². The van der Waals surface area contributed by atoms with Crippen molar-refractivity contribution in [2.75, 3.05) is 0 Å². The van der Waals surface area contributed by atoms with Gasteiger partial charge in [0.2, 0.25) is 5.43 Å². The van der Waals surface area contributed by atoms with Crippen molar-refractivity contribution in [2.24, 2.45) is 0 Å².